The minimum Gasteiger partial charge on any atom is -0.360 e. The number of hydrogen-bond donors (Lipinski definition) is 3. The van der Waals surface area contributed by atoms with Crippen molar-refractivity contribution in [1.29, 1.82) is 5.26 Å². The van der Waals surface area contributed by atoms with E-state index in [2.05, 4.69) is 20.8 Å². The van der Waals surface area contributed by atoms with Crippen LogP contribution in [0.15, 0.2) is 60.4 Å². The molecule has 0 aliphatic heterocycles. The summed E-state index contributed by atoms with van der Waals surface area (Å²) in [6.07, 6.45) is 3.02. The summed E-state index contributed by atoms with van der Waals surface area (Å²) in [4.78, 5) is 12.1. The molecule has 24 heavy (non-hydrogen) atoms. The number of aromatic nitrogens is 2. The van der Waals surface area contributed by atoms with Gasteiger partial charge in [0, 0.05) is 23.0 Å². The van der Waals surface area contributed by atoms with Gasteiger partial charge >= 0.3 is 0 Å². The summed E-state index contributed by atoms with van der Waals surface area (Å²) < 4.78 is 12.9. The lowest BCUT2D eigenvalue weighted by molar-refractivity contribution is -0.112. The van der Waals surface area contributed by atoms with Crippen molar-refractivity contribution in [2.24, 2.45) is 0 Å². The Labute approximate surface area is 136 Å². The highest BCUT2D eigenvalue weighted by atomic mass is 19.1. The van der Waals surface area contributed by atoms with Crippen molar-refractivity contribution in [3.8, 4) is 6.07 Å². The van der Waals surface area contributed by atoms with Gasteiger partial charge in [-0.1, -0.05) is 0 Å². The van der Waals surface area contributed by atoms with Crippen molar-refractivity contribution in [3.05, 3.63) is 66.3 Å². The van der Waals surface area contributed by atoms with Crippen molar-refractivity contribution in [1.82, 2.24) is 10.2 Å². The molecule has 3 rings (SSSR count). The third-order valence-corrected chi connectivity index (χ3v) is 3.29. The molecule has 0 saturated heterocycles. The Hall–Kier alpha value is -3.66. The smallest absolute Gasteiger partial charge is 0.267 e. The van der Waals surface area contributed by atoms with Crippen LogP contribution in [-0.4, -0.2) is 16.1 Å². The fourth-order valence-electron chi connectivity index (χ4n) is 2.06. The van der Waals surface area contributed by atoms with Crippen LogP contribution in [0, 0.1) is 17.1 Å². The van der Waals surface area contributed by atoms with Gasteiger partial charge < -0.3 is 10.6 Å². The minimum atomic E-state index is -0.584. The number of halogens is 1. The summed E-state index contributed by atoms with van der Waals surface area (Å²) in [6, 6.07) is 12.6. The molecule has 0 bridgehead atoms. The number of nitriles is 1. The van der Waals surface area contributed by atoms with E-state index in [4.69, 9.17) is 5.26 Å². The van der Waals surface area contributed by atoms with Crippen LogP contribution in [0.1, 0.15) is 0 Å². The Morgan fingerprint density at radius 2 is 1.96 bits per heavy atom. The molecular formula is C17H12FN5O. The molecule has 1 aromatic heterocycles. The predicted octanol–water partition coefficient (Wildman–Crippen LogP) is 3.16. The number of carbonyl (C=O) groups excluding carboxylic acids is 1. The molecule has 118 valence electrons. The topological polar surface area (TPSA) is 93.6 Å². The van der Waals surface area contributed by atoms with Crippen molar-refractivity contribution in [2.75, 3.05) is 10.6 Å². The molecule has 6 nitrogen and oxygen atoms in total. The maximum atomic E-state index is 12.9. The molecule has 0 fully saturated rings. The van der Waals surface area contributed by atoms with Crippen LogP contribution in [0.4, 0.5) is 15.8 Å². The van der Waals surface area contributed by atoms with Crippen LogP contribution in [0.2, 0.25) is 0 Å². The van der Waals surface area contributed by atoms with Gasteiger partial charge in [-0.25, -0.2) is 4.39 Å². The van der Waals surface area contributed by atoms with Crippen molar-refractivity contribution < 1.29 is 9.18 Å². The number of nitrogens with zero attached hydrogens (tertiary/aromatic N) is 2. The third-order valence-electron chi connectivity index (χ3n) is 3.29. The maximum Gasteiger partial charge on any atom is 0.267 e. The second kappa shape index (κ2) is 6.62. The Morgan fingerprint density at radius 3 is 2.71 bits per heavy atom. The maximum absolute atomic E-state index is 12.9. The lowest BCUT2D eigenvalue weighted by Crippen LogP contribution is -2.14. The zero-order valence-electron chi connectivity index (χ0n) is 12.4. The van der Waals surface area contributed by atoms with Gasteiger partial charge in [0.05, 0.1) is 11.7 Å². The molecule has 3 N–H and O–H groups in total. The summed E-state index contributed by atoms with van der Waals surface area (Å²) in [7, 11) is 0. The highest BCUT2D eigenvalue weighted by Gasteiger charge is 2.09. The molecule has 0 unspecified atom stereocenters. The molecule has 1 amide bonds. The number of rotatable bonds is 4. The van der Waals surface area contributed by atoms with Gasteiger partial charge in [-0.2, -0.15) is 10.4 Å². The fraction of sp³-hybridized carbons (Fsp3) is 0. The van der Waals surface area contributed by atoms with E-state index < -0.39 is 11.7 Å². The largest absolute Gasteiger partial charge is 0.360 e. The molecule has 0 radical (unpaired) electrons. The number of hydrogen-bond acceptors (Lipinski definition) is 4. The molecule has 0 atom stereocenters. The molecular weight excluding hydrogens is 309 g/mol. The zero-order chi connectivity index (χ0) is 16.9. The van der Waals surface area contributed by atoms with Gasteiger partial charge in [-0.05, 0) is 42.5 Å². The van der Waals surface area contributed by atoms with E-state index in [-0.39, 0.29) is 5.57 Å². The Kier molecular flexibility index (Phi) is 4.21. The quantitative estimate of drug-likeness (QED) is 0.508. The van der Waals surface area contributed by atoms with Crippen LogP contribution < -0.4 is 10.6 Å². The lowest BCUT2D eigenvalue weighted by atomic mass is 10.2. The van der Waals surface area contributed by atoms with E-state index >= 15 is 0 Å². The first-order valence-corrected chi connectivity index (χ1v) is 7.02. The number of benzene rings is 2. The van der Waals surface area contributed by atoms with Gasteiger partial charge in [-0.15, -0.1) is 0 Å². The number of carbonyl (C=O) groups is 1. The van der Waals surface area contributed by atoms with E-state index in [1.54, 1.807) is 12.3 Å². The van der Waals surface area contributed by atoms with Crippen LogP contribution in [0.25, 0.3) is 10.9 Å². The summed E-state index contributed by atoms with van der Waals surface area (Å²) in [5.41, 5.74) is 1.84. The first kappa shape index (κ1) is 15.2. The van der Waals surface area contributed by atoms with Crippen molar-refractivity contribution in [2.45, 2.75) is 0 Å². The highest BCUT2D eigenvalue weighted by Crippen LogP contribution is 2.17. The summed E-state index contributed by atoms with van der Waals surface area (Å²) in [5, 5.41) is 22.3. The molecule has 1 heterocycles. The molecule has 0 saturated carbocycles. The second-order valence-electron chi connectivity index (χ2n) is 4.95. The van der Waals surface area contributed by atoms with Gasteiger partial charge in [0.15, 0.2) is 0 Å². The Bertz CT molecular complexity index is 953. The Balaban J connectivity index is 1.72. The van der Waals surface area contributed by atoms with Crippen molar-refractivity contribution >= 4 is 28.2 Å². The summed E-state index contributed by atoms with van der Waals surface area (Å²) >= 11 is 0. The normalized spacial score (nSPS) is 11.1. The monoisotopic (exact) mass is 321 g/mol. The molecule has 0 aliphatic rings. The number of amides is 1. The lowest BCUT2D eigenvalue weighted by Gasteiger charge is -2.05. The minimum absolute atomic E-state index is 0.107. The van der Waals surface area contributed by atoms with Gasteiger partial charge in [0.2, 0.25) is 0 Å². The fourth-order valence-corrected chi connectivity index (χ4v) is 2.06. The highest BCUT2D eigenvalue weighted by molar-refractivity contribution is 6.06. The number of H-pyrrole nitrogens is 1. The Morgan fingerprint density at radius 1 is 1.21 bits per heavy atom. The third kappa shape index (κ3) is 3.39. The molecule has 0 spiro atoms. The van der Waals surface area contributed by atoms with Crippen LogP contribution in [-0.2, 0) is 4.79 Å². The van der Waals surface area contributed by atoms with E-state index in [0.717, 1.165) is 10.9 Å². The average Bonchev–Trinajstić information content (AvgIpc) is 3.05. The van der Waals surface area contributed by atoms with Crippen LogP contribution >= 0.6 is 0 Å². The standard InChI is InChI=1S/C17H12FN5O/c18-13-2-5-14(6-3-13)22-17(24)12(8-19)9-20-15-4-1-11-10-21-23-16(11)7-15/h1-7,9-10,20H,(H,21,23)(H,22,24)/b12-9-. The first-order valence-electron chi connectivity index (χ1n) is 7.02. The molecule has 0 aliphatic carbocycles. The second-order valence-corrected chi connectivity index (χ2v) is 4.95. The molecule has 3 aromatic rings. The summed E-state index contributed by atoms with van der Waals surface area (Å²) in [5.74, 6) is -0.987. The van der Waals surface area contributed by atoms with Gasteiger partial charge in [0.25, 0.3) is 5.91 Å². The summed E-state index contributed by atoms with van der Waals surface area (Å²) in [6.45, 7) is 0. The van der Waals surface area contributed by atoms with E-state index in [0.29, 0.717) is 11.4 Å². The van der Waals surface area contributed by atoms with Gasteiger partial charge in [-0.3, -0.25) is 9.89 Å². The molecule has 2 aromatic carbocycles. The zero-order valence-corrected chi connectivity index (χ0v) is 12.4. The van der Waals surface area contributed by atoms with Crippen molar-refractivity contribution in [3.63, 3.8) is 0 Å². The number of anilines is 2. The first-order chi connectivity index (χ1) is 11.7. The van der Waals surface area contributed by atoms with E-state index in [9.17, 15) is 9.18 Å². The number of aromatic amines is 1. The van der Waals surface area contributed by atoms with Gasteiger partial charge in [0.1, 0.15) is 17.5 Å². The molecule has 7 heteroatoms. The number of nitrogens with one attached hydrogen (secondary N) is 3. The average molecular weight is 321 g/mol. The van der Waals surface area contributed by atoms with E-state index in [1.807, 2.05) is 18.2 Å². The van der Waals surface area contributed by atoms with Crippen LogP contribution in [0.5, 0.6) is 0 Å². The predicted molar refractivity (Wildman–Crippen MR) is 88.4 cm³/mol. The number of fused-ring (bicyclic) bond motifs is 1. The SMILES string of the molecule is N#C/C(=C/Nc1ccc2cn[nH]c2c1)C(=O)Nc1ccc(F)cc1. The van der Waals surface area contributed by atoms with E-state index in [1.165, 1.54) is 30.5 Å². The van der Waals surface area contributed by atoms with Crippen LogP contribution in [0.3, 0.4) is 0 Å².